The summed E-state index contributed by atoms with van der Waals surface area (Å²) in [4.78, 5) is 23.1. The molecule has 0 aliphatic carbocycles. The SMILES string of the molecule is O=C(NC1(C(=O)O)CCOC1)c1cccc(O)c1. The Balaban J connectivity index is 2.18. The summed E-state index contributed by atoms with van der Waals surface area (Å²) in [5, 5.41) is 20.9. The zero-order valence-corrected chi connectivity index (χ0v) is 9.55. The van der Waals surface area contributed by atoms with E-state index in [1.807, 2.05) is 0 Å². The van der Waals surface area contributed by atoms with E-state index >= 15 is 0 Å². The van der Waals surface area contributed by atoms with Gasteiger partial charge in [-0.3, -0.25) is 4.79 Å². The van der Waals surface area contributed by atoms with Crippen LogP contribution in [0.15, 0.2) is 24.3 Å². The van der Waals surface area contributed by atoms with Crippen LogP contribution in [-0.4, -0.2) is 40.8 Å². The number of hydrogen-bond acceptors (Lipinski definition) is 4. The number of carbonyl (C=O) groups is 2. The summed E-state index contributed by atoms with van der Waals surface area (Å²) in [5.74, 6) is -1.71. The molecule has 1 amide bonds. The van der Waals surface area contributed by atoms with Crippen molar-refractivity contribution >= 4 is 11.9 Å². The van der Waals surface area contributed by atoms with Gasteiger partial charge in [0.1, 0.15) is 5.75 Å². The Labute approximate surface area is 103 Å². The lowest BCUT2D eigenvalue weighted by molar-refractivity contribution is -0.144. The number of aliphatic carboxylic acids is 1. The predicted octanol–water partition coefficient (Wildman–Crippen LogP) is 0.366. The molecule has 2 rings (SSSR count). The van der Waals surface area contributed by atoms with E-state index in [1.54, 1.807) is 0 Å². The van der Waals surface area contributed by atoms with Crippen LogP contribution in [0.5, 0.6) is 5.75 Å². The van der Waals surface area contributed by atoms with Crippen LogP contribution < -0.4 is 5.32 Å². The third-order valence-electron chi connectivity index (χ3n) is 2.89. The molecule has 96 valence electrons. The van der Waals surface area contributed by atoms with Crippen LogP contribution >= 0.6 is 0 Å². The molecule has 18 heavy (non-hydrogen) atoms. The van der Waals surface area contributed by atoms with Crippen molar-refractivity contribution in [2.45, 2.75) is 12.0 Å². The summed E-state index contributed by atoms with van der Waals surface area (Å²) < 4.78 is 5.04. The summed E-state index contributed by atoms with van der Waals surface area (Å²) in [7, 11) is 0. The molecule has 1 unspecified atom stereocenters. The highest BCUT2D eigenvalue weighted by Crippen LogP contribution is 2.20. The van der Waals surface area contributed by atoms with E-state index < -0.39 is 17.4 Å². The Kier molecular flexibility index (Phi) is 3.20. The van der Waals surface area contributed by atoms with E-state index in [-0.39, 0.29) is 24.3 Å². The molecule has 0 aromatic heterocycles. The van der Waals surface area contributed by atoms with Crippen molar-refractivity contribution in [2.24, 2.45) is 0 Å². The van der Waals surface area contributed by atoms with Gasteiger partial charge < -0.3 is 20.3 Å². The lowest BCUT2D eigenvalue weighted by atomic mass is 9.98. The maximum absolute atomic E-state index is 11.9. The van der Waals surface area contributed by atoms with Crippen LogP contribution in [0.3, 0.4) is 0 Å². The van der Waals surface area contributed by atoms with Crippen molar-refractivity contribution in [3.63, 3.8) is 0 Å². The van der Waals surface area contributed by atoms with Gasteiger partial charge in [-0.2, -0.15) is 0 Å². The molecule has 6 heteroatoms. The van der Waals surface area contributed by atoms with E-state index in [1.165, 1.54) is 24.3 Å². The van der Waals surface area contributed by atoms with Crippen molar-refractivity contribution in [2.75, 3.05) is 13.2 Å². The standard InChI is InChI=1S/C12H13NO5/c14-9-3-1-2-8(6-9)10(15)13-12(11(16)17)4-5-18-7-12/h1-3,6,14H,4-5,7H2,(H,13,15)(H,16,17). The van der Waals surface area contributed by atoms with Crippen LogP contribution in [0, 0.1) is 0 Å². The fourth-order valence-corrected chi connectivity index (χ4v) is 1.82. The third kappa shape index (κ3) is 2.28. The fourth-order valence-electron chi connectivity index (χ4n) is 1.82. The van der Waals surface area contributed by atoms with Crippen LogP contribution in [-0.2, 0) is 9.53 Å². The number of aromatic hydroxyl groups is 1. The first-order valence-electron chi connectivity index (χ1n) is 5.46. The van der Waals surface area contributed by atoms with Crippen LogP contribution in [0.4, 0.5) is 0 Å². The van der Waals surface area contributed by atoms with Crippen molar-refractivity contribution in [3.05, 3.63) is 29.8 Å². The highest BCUT2D eigenvalue weighted by Gasteiger charge is 2.44. The van der Waals surface area contributed by atoms with E-state index in [9.17, 15) is 19.8 Å². The highest BCUT2D eigenvalue weighted by atomic mass is 16.5. The Morgan fingerprint density at radius 1 is 1.39 bits per heavy atom. The molecule has 1 aromatic rings. The van der Waals surface area contributed by atoms with Gasteiger partial charge in [-0.25, -0.2) is 4.79 Å². The average molecular weight is 251 g/mol. The lowest BCUT2D eigenvalue weighted by Gasteiger charge is -2.23. The monoisotopic (exact) mass is 251 g/mol. The summed E-state index contributed by atoms with van der Waals surface area (Å²) >= 11 is 0. The van der Waals surface area contributed by atoms with Gasteiger partial charge in [-0.1, -0.05) is 6.07 Å². The maximum atomic E-state index is 11.9. The number of ether oxygens (including phenoxy) is 1. The minimum Gasteiger partial charge on any atom is -0.508 e. The molecule has 0 spiro atoms. The first-order valence-corrected chi connectivity index (χ1v) is 5.46. The van der Waals surface area contributed by atoms with Gasteiger partial charge >= 0.3 is 5.97 Å². The number of carboxylic acid groups (broad SMARTS) is 1. The van der Waals surface area contributed by atoms with Crippen molar-refractivity contribution in [3.8, 4) is 5.75 Å². The van der Waals surface area contributed by atoms with Gasteiger partial charge in [0.2, 0.25) is 0 Å². The first kappa shape index (κ1) is 12.4. The Hall–Kier alpha value is -2.08. The zero-order chi connectivity index (χ0) is 13.2. The van der Waals surface area contributed by atoms with Crippen LogP contribution in [0.25, 0.3) is 0 Å². The second-order valence-electron chi connectivity index (χ2n) is 4.19. The van der Waals surface area contributed by atoms with Crippen molar-refractivity contribution in [1.82, 2.24) is 5.32 Å². The van der Waals surface area contributed by atoms with E-state index in [4.69, 9.17) is 4.74 Å². The third-order valence-corrected chi connectivity index (χ3v) is 2.89. The molecule has 1 heterocycles. The number of nitrogens with one attached hydrogen (secondary N) is 1. The first-order chi connectivity index (χ1) is 8.53. The molecule has 1 atom stereocenters. The van der Waals surface area contributed by atoms with Gasteiger partial charge in [-0.15, -0.1) is 0 Å². The lowest BCUT2D eigenvalue weighted by Crippen LogP contribution is -2.55. The normalized spacial score (nSPS) is 22.7. The molecule has 6 nitrogen and oxygen atoms in total. The Morgan fingerprint density at radius 2 is 2.17 bits per heavy atom. The number of rotatable bonds is 3. The Bertz CT molecular complexity index is 479. The number of carboxylic acids is 1. The highest BCUT2D eigenvalue weighted by molar-refractivity contribution is 5.98. The maximum Gasteiger partial charge on any atom is 0.331 e. The van der Waals surface area contributed by atoms with Gasteiger partial charge in [0.15, 0.2) is 5.54 Å². The predicted molar refractivity (Wildman–Crippen MR) is 61.4 cm³/mol. The molecule has 1 aliphatic heterocycles. The minimum absolute atomic E-state index is 0.0466. The topological polar surface area (TPSA) is 95.9 Å². The number of carbonyl (C=O) groups excluding carboxylic acids is 1. The zero-order valence-electron chi connectivity index (χ0n) is 9.55. The van der Waals surface area contributed by atoms with Gasteiger partial charge in [0, 0.05) is 18.6 Å². The summed E-state index contributed by atoms with van der Waals surface area (Å²) in [6.45, 7) is 0.250. The van der Waals surface area contributed by atoms with Crippen LogP contribution in [0.2, 0.25) is 0 Å². The molecule has 0 saturated carbocycles. The molecular weight excluding hydrogens is 238 g/mol. The molecule has 0 radical (unpaired) electrons. The largest absolute Gasteiger partial charge is 0.508 e. The quantitative estimate of drug-likeness (QED) is 0.721. The number of hydrogen-bond donors (Lipinski definition) is 3. The number of benzene rings is 1. The smallest absolute Gasteiger partial charge is 0.331 e. The fraction of sp³-hybridized carbons (Fsp3) is 0.333. The van der Waals surface area contributed by atoms with Gasteiger partial charge in [-0.05, 0) is 18.2 Å². The van der Waals surface area contributed by atoms with E-state index in [0.29, 0.717) is 6.61 Å². The minimum atomic E-state index is -1.37. The Morgan fingerprint density at radius 3 is 2.72 bits per heavy atom. The molecule has 1 aliphatic rings. The van der Waals surface area contributed by atoms with Gasteiger partial charge in [0.25, 0.3) is 5.91 Å². The van der Waals surface area contributed by atoms with Crippen molar-refractivity contribution in [1.29, 1.82) is 0 Å². The van der Waals surface area contributed by atoms with Crippen LogP contribution in [0.1, 0.15) is 16.8 Å². The summed E-state index contributed by atoms with van der Waals surface area (Å²) in [6.07, 6.45) is 0.229. The molecule has 0 bridgehead atoms. The average Bonchev–Trinajstić information content (AvgIpc) is 2.79. The molecule has 1 fully saturated rings. The molecular formula is C12H13NO5. The summed E-state index contributed by atoms with van der Waals surface area (Å²) in [6, 6.07) is 5.73. The van der Waals surface area contributed by atoms with E-state index in [2.05, 4.69) is 5.32 Å². The second kappa shape index (κ2) is 4.66. The van der Waals surface area contributed by atoms with Gasteiger partial charge in [0.05, 0.1) is 6.61 Å². The number of amides is 1. The summed E-state index contributed by atoms with van der Waals surface area (Å²) in [5.41, 5.74) is -1.16. The molecule has 1 aromatic carbocycles. The molecule has 3 N–H and O–H groups in total. The second-order valence-corrected chi connectivity index (χ2v) is 4.19. The number of phenols is 1. The molecule has 1 saturated heterocycles. The van der Waals surface area contributed by atoms with E-state index in [0.717, 1.165) is 0 Å². The van der Waals surface area contributed by atoms with Crippen molar-refractivity contribution < 1.29 is 24.5 Å². The number of phenolic OH excluding ortho intramolecular Hbond substituents is 1.